The third kappa shape index (κ3) is 5.30. The van der Waals surface area contributed by atoms with Gasteiger partial charge < -0.3 is 14.4 Å². The van der Waals surface area contributed by atoms with E-state index in [1.807, 2.05) is 54.3 Å². The fourth-order valence-electron chi connectivity index (χ4n) is 3.14. The van der Waals surface area contributed by atoms with E-state index in [0.29, 0.717) is 26.2 Å². The normalized spacial score (nSPS) is 17.1. The van der Waals surface area contributed by atoms with Crippen LogP contribution in [0, 0.1) is 0 Å². The van der Waals surface area contributed by atoms with Crippen molar-refractivity contribution in [2.75, 3.05) is 19.7 Å². The number of hydrogen-bond acceptors (Lipinski definition) is 4. The summed E-state index contributed by atoms with van der Waals surface area (Å²) in [5.41, 5.74) is 1.93. The fourth-order valence-corrected chi connectivity index (χ4v) is 3.14. The van der Waals surface area contributed by atoms with Gasteiger partial charge in [0.05, 0.1) is 31.4 Å². The van der Waals surface area contributed by atoms with Gasteiger partial charge in [0.1, 0.15) is 5.75 Å². The van der Waals surface area contributed by atoms with Gasteiger partial charge in [-0.3, -0.25) is 9.78 Å². The first-order valence-corrected chi connectivity index (χ1v) is 9.25. The van der Waals surface area contributed by atoms with E-state index in [1.165, 1.54) is 0 Å². The molecule has 1 atom stereocenters. The van der Waals surface area contributed by atoms with Crippen LogP contribution >= 0.6 is 0 Å². The highest BCUT2D eigenvalue weighted by Gasteiger charge is 2.24. The van der Waals surface area contributed by atoms with Crippen LogP contribution in [0.4, 0.5) is 0 Å². The molecule has 1 amide bonds. The van der Waals surface area contributed by atoms with Gasteiger partial charge >= 0.3 is 0 Å². The molecule has 1 aliphatic heterocycles. The summed E-state index contributed by atoms with van der Waals surface area (Å²) < 4.78 is 11.4. The van der Waals surface area contributed by atoms with Crippen molar-refractivity contribution in [2.24, 2.45) is 0 Å². The monoisotopic (exact) mass is 354 g/mol. The average Bonchev–Trinajstić information content (AvgIpc) is 2.69. The van der Waals surface area contributed by atoms with E-state index in [-0.39, 0.29) is 12.0 Å². The van der Waals surface area contributed by atoms with Gasteiger partial charge in [-0.25, -0.2) is 0 Å². The molecule has 0 spiro atoms. The zero-order valence-electron chi connectivity index (χ0n) is 15.3. The Hall–Kier alpha value is -2.40. The highest BCUT2D eigenvalue weighted by molar-refractivity contribution is 5.79. The topological polar surface area (TPSA) is 51.7 Å². The van der Waals surface area contributed by atoms with Crippen LogP contribution in [0.3, 0.4) is 0 Å². The maximum absolute atomic E-state index is 12.6. The van der Waals surface area contributed by atoms with Crippen molar-refractivity contribution in [3.8, 4) is 5.75 Å². The number of carbonyl (C=O) groups is 1. The predicted molar refractivity (Wildman–Crippen MR) is 99.9 cm³/mol. The van der Waals surface area contributed by atoms with Crippen LogP contribution in [0.1, 0.15) is 31.0 Å². The van der Waals surface area contributed by atoms with Crippen molar-refractivity contribution in [2.45, 2.75) is 38.9 Å². The molecule has 1 saturated heterocycles. The molecule has 0 aliphatic carbocycles. The molecule has 3 rings (SSSR count). The molecule has 138 valence electrons. The molecule has 5 nitrogen and oxygen atoms in total. The van der Waals surface area contributed by atoms with E-state index in [2.05, 4.69) is 4.98 Å². The van der Waals surface area contributed by atoms with Crippen molar-refractivity contribution in [3.05, 3.63) is 59.9 Å². The van der Waals surface area contributed by atoms with Crippen molar-refractivity contribution in [1.82, 2.24) is 9.88 Å². The number of benzene rings is 1. The maximum Gasteiger partial charge on any atom is 0.227 e. The molecule has 1 fully saturated rings. The lowest BCUT2D eigenvalue weighted by molar-refractivity contribution is -0.134. The molecule has 1 aromatic heterocycles. The second-order valence-corrected chi connectivity index (χ2v) is 6.49. The summed E-state index contributed by atoms with van der Waals surface area (Å²) in [6.07, 6.45) is 4.22. The van der Waals surface area contributed by atoms with E-state index in [4.69, 9.17) is 9.47 Å². The first kappa shape index (κ1) is 18.4. The molecule has 5 heteroatoms. The van der Waals surface area contributed by atoms with Gasteiger partial charge in [-0.05, 0) is 49.6 Å². The third-order valence-corrected chi connectivity index (χ3v) is 4.51. The van der Waals surface area contributed by atoms with Crippen LogP contribution in [0.25, 0.3) is 0 Å². The zero-order valence-corrected chi connectivity index (χ0v) is 15.3. The number of amides is 1. The van der Waals surface area contributed by atoms with E-state index in [1.54, 1.807) is 6.20 Å². The molecule has 0 saturated carbocycles. The Kier molecular flexibility index (Phi) is 6.61. The van der Waals surface area contributed by atoms with E-state index >= 15 is 0 Å². The molecule has 2 aromatic rings. The van der Waals surface area contributed by atoms with E-state index < -0.39 is 0 Å². The van der Waals surface area contributed by atoms with Crippen molar-refractivity contribution in [1.29, 1.82) is 0 Å². The average molecular weight is 354 g/mol. The van der Waals surface area contributed by atoms with Gasteiger partial charge in [-0.2, -0.15) is 0 Å². The number of ether oxygens (including phenoxy) is 2. The minimum Gasteiger partial charge on any atom is -0.494 e. The summed E-state index contributed by atoms with van der Waals surface area (Å²) in [6.45, 7) is 4.56. The number of nitrogens with zero attached hydrogens (tertiary/aromatic N) is 2. The maximum atomic E-state index is 12.6. The van der Waals surface area contributed by atoms with Gasteiger partial charge in [0.25, 0.3) is 0 Å². The third-order valence-electron chi connectivity index (χ3n) is 4.51. The van der Waals surface area contributed by atoms with Gasteiger partial charge in [0.2, 0.25) is 5.91 Å². The van der Waals surface area contributed by atoms with E-state index in [0.717, 1.165) is 36.4 Å². The van der Waals surface area contributed by atoms with Crippen LogP contribution in [0.5, 0.6) is 5.75 Å². The molecule has 1 aromatic carbocycles. The van der Waals surface area contributed by atoms with Crippen LogP contribution in [-0.2, 0) is 22.6 Å². The van der Waals surface area contributed by atoms with Gasteiger partial charge in [0.15, 0.2) is 0 Å². The van der Waals surface area contributed by atoms with Gasteiger partial charge in [0, 0.05) is 19.3 Å². The van der Waals surface area contributed by atoms with Crippen molar-refractivity contribution >= 4 is 5.91 Å². The van der Waals surface area contributed by atoms with Crippen molar-refractivity contribution in [3.63, 3.8) is 0 Å². The molecule has 0 bridgehead atoms. The number of rotatable bonds is 7. The Balaban J connectivity index is 1.49. The lowest BCUT2D eigenvalue weighted by Gasteiger charge is -2.32. The number of likely N-dealkylation sites (tertiary alicyclic amines) is 1. The Morgan fingerprint density at radius 3 is 2.81 bits per heavy atom. The Bertz CT molecular complexity index is 688. The van der Waals surface area contributed by atoms with Crippen LogP contribution in [-0.4, -0.2) is 41.6 Å². The molecule has 2 heterocycles. The first-order valence-electron chi connectivity index (χ1n) is 9.25. The quantitative estimate of drug-likeness (QED) is 0.766. The van der Waals surface area contributed by atoms with E-state index in [9.17, 15) is 4.79 Å². The summed E-state index contributed by atoms with van der Waals surface area (Å²) in [4.78, 5) is 18.8. The Labute approximate surface area is 155 Å². The number of hydrogen-bond donors (Lipinski definition) is 0. The minimum atomic E-state index is 0.0787. The first-order chi connectivity index (χ1) is 12.7. The second-order valence-electron chi connectivity index (χ2n) is 6.49. The van der Waals surface area contributed by atoms with Gasteiger partial charge in [-0.1, -0.05) is 18.2 Å². The molecular weight excluding hydrogens is 328 g/mol. The minimum absolute atomic E-state index is 0.0787. The number of aromatic nitrogens is 1. The standard InChI is InChI=1S/C21H26N2O3/c1-2-25-19-10-8-17(9-11-19)14-21(24)23-13-5-7-20(15-23)26-16-18-6-3-4-12-22-18/h3-4,6,8-12,20H,2,5,7,13-16H2,1H3. The number of pyridine rings is 1. The van der Waals surface area contributed by atoms with Crippen molar-refractivity contribution < 1.29 is 14.3 Å². The summed E-state index contributed by atoms with van der Waals surface area (Å²) in [5.74, 6) is 0.991. The molecule has 26 heavy (non-hydrogen) atoms. The second kappa shape index (κ2) is 9.34. The molecule has 0 N–H and O–H groups in total. The van der Waals surface area contributed by atoms with Crippen LogP contribution in [0.2, 0.25) is 0 Å². The Morgan fingerprint density at radius 1 is 1.23 bits per heavy atom. The lowest BCUT2D eigenvalue weighted by atomic mass is 10.1. The summed E-state index contributed by atoms with van der Waals surface area (Å²) in [5, 5.41) is 0. The fraction of sp³-hybridized carbons (Fsp3) is 0.429. The molecule has 0 radical (unpaired) electrons. The highest BCUT2D eigenvalue weighted by atomic mass is 16.5. The molecule has 1 unspecified atom stereocenters. The zero-order chi connectivity index (χ0) is 18.2. The number of carbonyl (C=O) groups excluding carboxylic acids is 1. The predicted octanol–water partition coefficient (Wildman–Crippen LogP) is 3.23. The molecular formula is C21H26N2O3. The van der Waals surface area contributed by atoms with Gasteiger partial charge in [-0.15, -0.1) is 0 Å². The van der Waals surface area contributed by atoms with Crippen LogP contribution in [0.15, 0.2) is 48.7 Å². The number of piperidine rings is 1. The largest absolute Gasteiger partial charge is 0.494 e. The van der Waals surface area contributed by atoms with Crippen LogP contribution < -0.4 is 4.74 Å². The smallest absolute Gasteiger partial charge is 0.227 e. The summed E-state index contributed by atoms with van der Waals surface area (Å²) in [6, 6.07) is 13.6. The lowest BCUT2D eigenvalue weighted by Crippen LogP contribution is -2.43. The molecule has 1 aliphatic rings. The Morgan fingerprint density at radius 2 is 2.08 bits per heavy atom. The summed E-state index contributed by atoms with van der Waals surface area (Å²) in [7, 11) is 0. The summed E-state index contributed by atoms with van der Waals surface area (Å²) >= 11 is 0. The highest BCUT2D eigenvalue weighted by Crippen LogP contribution is 2.17. The SMILES string of the molecule is CCOc1ccc(CC(=O)N2CCCC(OCc3ccccn3)C2)cc1.